The maximum atomic E-state index is 14.1. The van der Waals surface area contributed by atoms with Gasteiger partial charge in [-0.1, -0.05) is 60.7 Å². The fraction of sp³-hybridized carbons (Fsp3) is 0.219. The minimum atomic E-state index is -1.00. The van der Waals surface area contributed by atoms with Crippen LogP contribution in [0.4, 0.5) is 0 Å². The Bertz CT molecular complexity index is 1430. The maximum absolute atomic E-state index is 14.1. The summed E-state index contributed by atoms with van der Waals surface area (Å²) in [7, 11) is 2.90. The molecule has 0 amide bonds. The van der Waals surface area contributed by atoms with Crippen molar-refractivity contribution in [3.63, 3.8) is 0 Å². The molecule has 4 aromatic rings. The fourth-order valence-electron chi connectivity index (χ4n) is 4.54. The summed E-state index contributed by atoms with van der Waals surface area (Å²) >= 11 is 0. The van der Waals surface area contributed by atoms with Crippen molar-refractivity contribution in [1.82, 2.24) is 0 Å². The van der Waals surface area contributed by atoms with Crippen LogP contribution in [-0.4, -0.2) is 38.2 Å². The zero-order valence-electron chi connectivity index (χ0n) is 22.2. The zero-order chi connectivity index (χ0) is 27.9. The molecule has 1 aliphatic rings. The smallest absolute Gasteiger partial charge is 0.231 e. The Hall–Kier alpha value is -4.53. The molecule has 0 fully saturated rings. The average molecular weight is 543 g/mol. The summed E-state index contributed by atoms with van der Waals surface area (Å²) in [4.78, 5) is 14.1. The van der Waals surface area contributed by atoms with Gasteiger partial charge in [0.1, 0.15) is 36.4 Å². The third-order valence-corrected chi connectivity index (χ3v) is 6.58. The van der Waals surface area contributed by atoms with E-state index >= 15 is 0 Å². The van der Waals surface area contributed by atoms with Crippen LogP contribution in [0.25, 0.3) is 0 Å². The number of rotatable bonds is 12. The highest BCUT2D eigenvalue weighted by molar-refractivity contribution is 6.04. The van der Waals surface area contributed by atoms with Gasteiger partial charge in [0.2, 0.25) is 6.79 Å². The molecule has 8 heteroatoms. The summed E-state index contributed by atoms with van der Waals surface area (Å²) in [6.45, 7) is 0.640. The standard InChI is InChI=1S/C32H30O8/c1-35-32(36-2)30(31(34)24-14-13-23(15-26(24)33)37-18-21-9-5-3-6-10-21)25-16-28-29(40-20-39-28)17-27(25)38-19-22-11-7-4-8-12-22/h3-17,30,32-33H,18-20H2,1-2H3. The first-order valence-electron chi connectivity index (χ1n) is 12.8. The first-order valence-corrected chi connectivity index (χ1v) is 12.8. The Kier molecular flexibility index (Phi) is 8.49. The normalized spacial score (nSPS) is 12.8. The van der Waals surface area contributed by atoms with Crippen molar-refractivity contribution < 1.29 is 38.3 Å². The molecule has 4 aromatic carbocycles. The van der Waals surface area contributed by atoms with Crippen LogP contribution in [0, 0.1) is 0 Å². The van der Waals surface area contributed by atoms with Gasteiger partial charge in [-0.15, -0.1) is 0 Å². The number of ketones is 1. The second-order valence-corrected chi connectivity index (χ2v) is 9.15. The van der Waals surface area contributed by atoms with E-state index in [1.54, 1.807) is 18.2 Å². The summed E-state index contributed by atoms with van der Waals surface area (Å²) in [6, 6.07) is 27.3. The van der Waals surface area contributed by atoms with Crippen LogP contribution >= 0.6 is 0 Å². The lowest BCUT2D eigenvalue weighted by Crippen LogP contribution is -2.30. The molecule has 5 rings (SSSR count). The Morgan fingerprint density at radius 1 is 0.800 bits per heavy atom. The van der Waals surface area contributed by atoms with Crippen LogP contribution in [0.15, 0.2) is 91.0 Å². The van der Waals surface area contributed by atoms with Crippen molar-refractivity contribution in [1.29, 1.82) is 0 Å². The number of hydrogen-bond acceptors (Lipinski definition) is 8. The molecule has 1 unspecified atom stereocenters. The lowest BCUT2D eigenvalue weighted by Gasteiger charge is -2.26. The first-order chi connectivity index (χ1) is 19.6. The van der Waals surface area contributed by atoms with Gasteiger partial charge < -0.3 is 33.5 Å². The molecular formula is C32H30O8. The van der Waals surface area contributed by atoms with E-state index in [9.17, 15) is 9.90 Å². The van der Waals surface area contributed by atoms with E-state index in [0.717, 1.165) is 11.1 Å². The molecule has 0 aliphatic carbocycles. The SMILES string of the molecule is COC(OC)C(C(=O)c1ccc(OCc2ccccc2)cc1O)c1cc2c(cc1OCc1ccccc1)OCO2. The molecular weight excluding hydrogens is 512 g/mol. The van der Waals surface area contributed by atoms with Gasteiger partial charge in [-0.3, -0.25) is 4.79 Å². The van der Waals surface area contributed by atoms with Crippen molar-refractivity contribution in [3.05, 3.63) is 113 Å². The summed E-state index contributed by atoms with van der Waals surface area (Å²) in [5.74, 6) is 0.166. The number of carbonyl (C=O) groups excluding carboxylic acids is 1. The Balaban J connectivity index is 1.46. The van der Waals surface area contributed by atoms with Crippen LogP contribution in [0.2, 0.25) is 0 Å². The minimum Gasteiger partial charge on any atom is -0.507 e. The van der Waals surface area contributed by atoms with E-state index < -0.39 is 18.0 Å². The molecule has 1 heterocycles. The van der Waals surface area contributed by atoms with E-state index in [0.29, 0.717) is 35.2 Å². The Morgan fingerprint density at radius 2 is 1.40 bits per heavy atom. The lowest BCUT2D eigenvalue weighted by molar-refractivity contribution is -0.110. The van der Waals surface area contributed by atoms with Gasteiger partial charge >= 0.3 is 0 Å². The number of phenolic OH excluding ortho intramolecular Hbond substituents is 1. The van der Waals surface area contributed by atoms with Gasteiger partial charge in [0.15, 0.2) is 23.6 Å². The van der Waals surface area contributed by atoms with Crippen LogP contribution < -0.4 is 18.9 Å². The summed E-state index contributed by atoms with van der Waals surface area (Å²) in [6.07, 6.45) is -0.986. The molecule has 1 atom stereocenters. The number of phenols is 1. The highest BCUT2D eigenvalue weighted by Crippen LogP contribution is 2.44. The lowest BCUT2D eigenvalue weighted by atomic mass is 9.88. The number of ether oxygens (including phenoxy) is 6. The largest absolute Gasteiger partial charge is 0.507 e. The molecule has 0 saturated carbocycles. The van der Waals surface area contributed by atoms with Gasteiger partial charge in [0.25, 0.3) is 0 Å². The van der Waals surface area contributed by atoms with Crippen LogP contribution in [0.1, 0.15) is 33.0 Å². The van der Waals surface area contributed by atoms with Crippen molar-refractivity contribution in [2.75, 3.05) is 21.0 Å². The third kappa shape index (κ3) is 6.03. The molecule has 0 aromatic heterocycles. The highest BCUT2D eigenvalue weighted by Gasteiger charge is 2.36. The quantitative estimate of drug-likeness (QED) is 0.176. The Morgan fingerprint density at radius 3 is 2.00 bits per heavy atom. The first kappa shape index (κ1) is 27.1. The number of aromatic hydroxyl groups is 1. The molecule has 0 spiro atoms. The fourth-order valence-corrected chi connectivity index (χ4v) is 4.54. The van der Waals surface area contributed by atoms with Crippen molar-refractivity contribution in [2.45, 2.75) is 25.4 Å². The van der Waals surface area contributed by atoms with Gasteiger partial charge in [-0.05, 0) is 29.3 Å². The van der Waals surface area contributed by atoms with E-state index in [-0.39, 0.29) is 24.7 Å². The van der Waals surface area contributed by atoms with Gasteiger partial charge in [-0.25, -0.2) is 0 Å². The third-order valence-electron chi connectivity index (χ3n) is 6.58. The van der Waals surface area contributed by atoms with E-state index in [4.69, 9.17) is 28.4 Å². The molecule has 0 bridgehead atoms. The van der Waals surface area contributed by atoms with Crippen molar-refractivity contribution in [2.24, 2.45) is 0 Å². The van der Waals surface area contributed by atoms with E-state index in [2.05, 4.69) is 0 Å². The monoisotopic (exact) mass is 542 g/mol. The second-order valence-electron chi connectivity index (χ2n) is 9.15. The van der Waals surface area contributed by atoms with Crippen LogP contribution in [-0.2, 0) is 22.7 Å². The zero-order valence-corrected chi connectivity index (χ0v) is 22.2. The van der Waals surface area contributed by atoms with Crippen molar-refractivity contribution in [3.8, 4) is 28.7 Å². The molecule has 1 aliphatic heterocycles. The van der Waals surface area contributed by atoms with Gasteiger partial charge in [-0.2, -0.15) is 0 Å². The maximum Gasteiger partial charge on any atom is 0.231 e. The number of benzene rings is 4. The molecule has 8 nitrogen and oxygen atoms in total. The van der Waals surface area contributed by atoms with Gasteiger partial charge in [0.05, 0.1) is 5.56 Å². The number of Topliss-reactive ketones (excluding diaryl/α,β-unsaturated/α-hetero) is 1. The summed E-state index contributed by atoms with van der Waals surface area (Å²) in [5, 5.41) is 10.9. The molecule has 1 N–H and O–H groups in total. The number of fused-ring (bicyclic) bond motifs is 1. The van der Waals surface area contributed by atoms with Crippen molar-refractivity contribution >= 4 is 5.78 Å². The van der Waals surface area contributed by atoms with Crippen LogP contribution in [0.3, 0.4) is 0 Å². The molecule has 40 heavy (non-hydrogen) atoms. The molecule has 0 saturated heterocycles. The Labute approximate surface area is 232 Å². The predicted octanol–water partition coefficient (Wildman–Crippen LogP) is 5.86. The van der Waals surface area contributed by atoms with E-state index in [1.165, 1.54) is 26.4 Å². The topological polar surface area (TPSA) is 92.7 Å². The molecule has 206 valence electrons. The van der Waals surface area contributed by atoms with E-state index in [1.807, 2.05) is 60.7 Å². The average Bonchev–Trinajstić information content (AvgIpc) is 3.45. The number of methoxy groups -OCH3 is 2. The number of hydrogen-bond donors (Lipinski definition) is 1. The summed E-state index contributed by atoms with van der Waals surface area (Å²) < 4.78 is 34.3. The van der Waals surface area contributed by atoms with Gasteiger partial charge in [0, 0.05) is 31.9 Å². The number of carbonyl (C=O) groups is 1. The second kappa shape index (κ2) is 12.5. The summed E-state index contributed by atoms with van der Waals surface area (Å²) in [5.41, 5.74) is 2.49. The molecule has 0 radical (unpaired) electrons. The highest BCUT2D eigenvalue weighted by atomic mass is 16.7. The predicted molar refractivity (Wildman–Crippen MR) is 147 cm³/mol. The van der Waals surface area contributed by atoms with Crippen LogP contribution in [0.5, 0.6) is 28.7 Å². The minimum absolute atomic E-state index is 0.0543.